The number of rotatable bonds is 13. The summed E-state index contributed by atoms with van der Waals surface area (Å²) >= 11 is 4.60. The quantitative estimate of drug-likeness (QED) is 0.0963. The Morgan fingerprint density at radius 1 is 1.17 bits per heavy atom. The van der Waals surface area contributed by atoms with Crippen molar-refractivity contribution in [1.29, 1.82) is 0 Å². The molecule has 0 saturated carbocycles. The largest absolute Gasteiger partial charge is 0.477 e. The molecule has 4 atom stereocenters. The number of benzene rings is 2. The van der Waals surface area contributed by atoms with E-state index in [1.54, 1.807) is 23.9 Å². The number of hydrogen-bond donors (Lipinski definition) is 1. The fraction of sp³-hybridized carbons (Fsp3) is 0.515. The molecule has 3 aliphatic rings. The number of carboxylic acid groups (broad SMARTS) is 1. The zero-order chi connectivity index (χ0) is 33.4. The predicted molar refractivity (Wildman–Crippen MR) is 190 cm³/mol. The van der Waals surface area contributed by atoms with Crippen molar-refractivity contribution in [2.45, 2.75) is 86.5 Å². The molecule has 9 nitrogen and oxygen atoms in total. The topological polar surface area (TPSA) is 113 Å². The number of nitro benzene ring substituents is 1. The van der Waals surface area contributed by atoms with Crippen molar-refractivity contribution in [3.8, 4) is 0 Å². The number of nitro groups is 1. The molecule has 5 rings (SSSR count). The van der Waals surface area contributed by atoms with Crippen LogP contribution in [0.3, 0.4) is 0 Å². The third-order valence-corrected chi connectivity index (χ3v) is 18.6. The Labute approximate surface area is 285 Å². The SMILES string of the molecule is CC[C@H](O[Si](C)(C)C(C)(C)C)[C@@H]1C(=O)N2C(C(=O)O)=C(SC3CCN(Cc4ccccc4)C3)S[C@]12SCc1ccc([N+](=O)[O-])cc1. The molecule has 1 amide bonds. The summed E-state index contributed by atoms with van der Waals surface area (Å²) in [6, 6.07) is 16.8. The number of carboxylic acids is 1. The molecular formula is C33H43N3O6S3Si. The maximum absolute atomic E-state index is 14.1. The van der Waals surface area contributed by atoms with Crippen LogP contribution in [0.1, 0.15) is 51.7 Å². The Morgan fingerprint density at radius 2 is 1.85 bits per heavy atom. The van der Waals surface area contributed by atoms with Gasteiger partial charge in [0.2, 0.25) is 5.91 Å². The van der Waals surface area contributed by atoms with Gasteiger partial charge in [0.15, 0.2) is 18.2 Å². The Kier molecular flexibility index (Phi) is 10.4. The van der Waals surface area contributed by atoms with Crippen LogP contribution < -0.4 is 0 Å². The number of amides is 1. The van der Waals surface area contributed by atoms with Gasteiger partial charge in [-0.05, 0) is 48.6 Å². The highest BCUT2D eigenvalue weighted by atomic mass is 32.2. The van der Waals surface area contributed by atoms with E-state index in [-0.39, 0.29) is 33.7 Å². The lowest BCUT2D eigenvalue weighted by Crippen LogP contribution is -2.69. The molecule has 0 bridgehead atoms. The molecule has 46 heavy (non-hydrogen) atoms. The Morgan fingerprint density at radius 3 is 2.43 bits per heavy atom. The zero-order valence-electron chi connectivity index (χ0n) is 27.2. The molecule has 3 aliphatic heterocycles. The van der Waals surface area contributed by atoms with Crippen LogP contribution in [0.4, 0.5) is 5.69 Å². The fourth-order valence-electron chi connectivity index (χ4n) is 5.88. The average Bonchev–Trinajstić information content (AvgIpc) is 3.55. The number of non-ortho nitro benzene ring substituents is 1. The van der Waals surface area contributed by atoms with Crippen molar-refractivity contribution < 1.29 is 24.0 Å². The van der Waals surface area contributed by atoms with Gasteiger partial charge in [0.25, 0.3) is 5.69 Å². The Bertz CT molecular complexity index is 1500. The van der Waals surface area contributed by atoms with Crippen LogP contribution in [0, 0.1) is 16.0 Å². The zero-order valence-corrected chi connectivity index (χ0v) is 30.7. The minimum Gasteiger partial charge on any atom is -0.477 e. The molecule has 2 aromatic rings. The highest BCUT2D eigenvalue weighted by molar-refractivity contribution is 8.29. The van der Waals surface area contributed by atoms with E-state index in [4.69, 9.17) is 4.43 Å². The molecule has 248 valence electrons. The molecule has 3 heterocycles. The lowest BCUT2D eigenvalue weighted by molar-refractivity contribution is -0.384. The van der Waals surface area contributed by atoms with Crippen LogP contribution in [-0.2, 0) is 26.3 Å². The van der Waals surface area contributed by atoms with E-state index in [1.807, 2.05) is 25.1 Å². The molecule has 2 saturated heterocycles. The fourth-order valence-corrected chi connectivity index (χ4v) is 12.7. The van der Waals surface area contributed by atoms with Crippen LogP contribution in [-0.4, -0.2) is 68.7 Å². The monoisotopic (exact) mass is 701 g/mol. The molecule has 0 aromatic heterocycles. The number of fused-ring (bicyclic) bond motifs is 1. The molecule has 1 unspecified atom stereocenters. The van der Waals surface area contributed by atoms with Crippen molar-refractivity contribution in [1.82, 2.24) is 9.80 Å². The number of carbonyl (C=O) groups excluding carboxylic acids is 1. The van der Waals surface area contributed by atoms with Crippen LogP contribution in [0.5, 0.6) is 0 Å². The van der Waals surface area contributed by atoms with E-state index in [2.05, 4.69) is 50.9 Å². The van der Waals surface area contributed by atoms with E-state index >= 15 is 0 Å². The second-order valence-electron chi connectivity index (χ2n) is 13.6. The number of hydrogen-bond acceptors (Lipinski definition) is 9. The highest BCUT2D eigenvalue weighted by Gasteiger charge is 2.70. The number of likely N-dealkylation sites (tertiary alicyclic amines) is 1. The van der Waals surface area contributed by atoms with Gasteiger partial charge in [0.1, 0.15) is 5.92 Å². The third kappa shape index (κ3) is 6.95. The van der Waals surface area contributed by atoms with E-state index in [1.165, 1.54) is 46.1 Å². The molecule has 2 aromatic carbocycles. The molecule has 13 heteroatoms. The van der Waals surface area contributed by atoms with Crippen molar-refractivity contribution >= 4 is 61.2 Å². The van der Waals surface area contributed by atoms with Crippen molar-refractivity contribution in [2.75, 3.05) is 13.1 Å². The van der Waals surface area contributed by atoms with Crippen molar-refractivity contribution in [3.63, 3.8) is 0 Å². The molecule has 0 spiro atoms. The summed E-state index contributed by atoms with van der Waals surface area (Å²) in [5.74, 6) is -1.39. The molecular weight excluding hydrogens is 659 g/mol. The van der Waals surface area contributed by atoms with Crippen LogP contribution >= 0.6 is 35.3 Å². The first-order chi connectivity index (χ1) is 21.7. The second kappa shape index (κ2) is 13.7. The summed E-state index contributed by atoms with van der Waals surface area (Å²) in [5, 5.41) is 21.9. The van der Waals surface area contributed by atoms with Gasteiger partial charge >= 0.3 is 5.97 Å². The van der Waals surface area contributed by atoms with Crippen molar-refractivity contribution in [3.05, 3.63) is 85.8 Å². The molecule has 1 N–H and O–H groups in total. The normalized spacial score (nSPS) is 24.2. The highest BCUT2D eigenvalue weighted by Crippen LogP contribution is 2.68. The number of aliphatic carboxylic acids is 1. The van der Waals surface area contributed by atoms with Gasteiger partial charge in [0, 0.05) is 36.2 Å². The van der Waals surface area contributed by atoms with Gasteiger partial charge in [-0.25, -0.2) is 4.79 Å². The van der Waals surface area contributed by atoms with Crippen LogP contribution in [0.15, 0.2) is 64.5 Å². The smallest absolute Gasteiger partial charge is 0.354 e. The Balaban J connectivity index is 1.42. The first-order valence-corrected chi connectivity index (χ1v) is 21.2. The van der Waals surface area contributed by atoms with Gasteiger partial charge in [-0.3, -0.25) is 24.7 Å². The maximum atomic E-state index is 14.1. The minimum absolute atomic E-state index is 0.0145. The summed E-state index contributed by atoms with van der Waals surface area (Å²) in [6.07, 6.45) is 1.19. The standard InChI is InChI=1S/C33H43N3O6S3Si/c1-7-26(42-46(5,6)32(2,3)4)27-29(37)35-28(30(38)39)31(44-25-17-18-34(20-25)19-22-11-9-8-10-12-22)45-33(27,35)43-21-23-13-15-24(16-14-23)36(40)41/h8-16,25-27H,7,17-21H2,1-6H3,(H,38,39)/t25?,26-,27+,33+/m0/s1. The predicted octanol–water partition coefficient (Wildman–Crippen LogP) is 7.75. The molecule has 2 fully saturated rings. The van der Waals surface area contributed by atoms with Crippen LogP contribution in [0.2, 0.25) is 18.1 Å². The van der Waals surface area contributed by atoms with E-state index in [9.17, 15) is 24.8 Å². The molecule has 0 radical (unpaired) electrons. The maximum Gasteiger partial charge on any atom is 0.354 e. The van der Waals surface area contributed by atoms with Gasteiger partial charge in [-0.1, -0.05) is 81.9 Å². The third-order valence-electron chi connectivity index (χ3n) is 9.42. The van der Waals surface area contributed by atoms with Gasteiger partial charge in [0.05, 0.1) is 15.3 Å². The van der Waals surface area contributed by atoms with Gasteiger partial charge < -0.3 is 9.53 Å². The van der Waals surface area contributed by atoms with Crippen molar-refractivity contribution in [2.24, 2.45) is 5.92 Å². The number of carbonyl (C=O) groups is 2. The lowest BCUT2D eigenvalue weighted by Gasteiger charge is -2.56. The van der Waals surface area contributed by atoms with Crippen LogP contribution in [0.25, 0.3) is 0 Å². The van der Waals surface area contributed by atoms with Gasteiger partial charge in [-0.2, -0.15) is 0 Å². The van der Waals surface area contributed by atoms with E-state index < -0.39 is 29.3 Å². The van der Waals surface area contributed by atoms with Gasteiger partial charge in [-0.15, -0.1) is 23.5 Å². The van der Waals surface area contributed by atoms with E-state index in [0.717, 1.165) is 31.6 Å². The summed E-state index contributed by atoms with van der Waals surface area (Å²) in [6.45, 7) is 15.5. The molecule has 0 aliphatic carbocycles. The van der Waals surface area contributed by atoms with E-state index in [0.29, 0.717) is 16.4 Å². The number of thioether (sulfide) groups is 3. The number of β-lactam (4-membered cyclic amide) rings is 1. The number of nitrogens with zero attached hydrogens (tertiary/aromatic N) is 3. The lowest BCUT2D eigenvalue weighted by atomic mass is 9.89. The summed E-state index contributed by atoms with van der Waals surface area (Å²) in [5.41, 5.74) is 2.20. The second-order valence-corrected chi connectivity index (χ2v) is 22.6. The summed E-state index contributed by atoms with van der Waals surface area (Å²) in [7, 11) is -2.26. The summed E-state index contributed by atoms with van der Waals surface area (Å²) < 4.78 is 6.68. The first-order valence-electron chi connectivity index (χ1n) is 15.7. The first kappa shape index (κ1) is 35.0. The Hall–Kier alpha value is -2.29. The minimum atomic E-state index is -2.26. The average molecular weight is 702 g/mol. The summed E-state index contributed by atoms with van der Waals surface area (Å²) in [4.78, 5) is 41.7.